The molecule has 3 heteroatoms. The summed E-state index contributed by atoms with van der Waals surface area (Å²) in [7, 11) is 0. The maximum absolute atomic E-state index is 5.89. The van der Waals surface area contributed by atoms with E-state index < -0.39 is 0 Å². The molecule has 0 bridgehead atoms. The van der Waals surface area contributed by atoms with Gasteiger partial charge in [0, 0.05) is 11.1 Å². The summed E-state index contributed by atoms with van der Waals surface area (Å²) in [6.07, 6.45) is 3.93. The minimum Gasteiger partial charge on any atom is -0.491 e. The van der Waals surface area contributed by atoms with E-state index in [1.165, 1.54) is 12.8 Å². The molecule has 0 heterocycles. The van der Waals surface area contributed by atoms with Crippen LogP contribution < -0.4 is 10.1 Å². The molecule has 0 aromatic heterocycles. The van der Waals surface area contributed by atoms with Gasteiger partial charge in [-0.15, -0.1) is 0 Å². The first-order chi connectivity index (χ1) is 7.74. The molecule has 0 saturated heterocycles. The largest absolute Gasteiger partial charge is 0.491 e. The van der Waals surface area contributed by atoms with Crippen molar-refractivity contribution in [2.75, 3.05) is 6.54 Å². The van der Waals surface area contributed by atoms with Gasteiger partial charge in [-0.3, -0.25) is 0 Å². The number of hydrogen-bond donors (Lipinski definition) is 1. The average molecular weight is 240 g/mol. The number of nitrogens with one attached hydrogen (secondary N) is 1. The molecule has 1 fully saturated rings. The molecule has 1 N–H and O–H groups in total. The normalized spacial score (nSPS) is 17.1. The zero-order valence-corrected chi connectivity index (χ0v) is 10.3. The first-order valence-electron chi connectivity index (χ1n) is 5.89. The fraction of sp³-hybridized carbons (Fsp3) is 0.538. The molecule has 1 unspecified atom stereocenters. The third kappa shape index (κ3) is 4.03. The lowest BCUT2D eigenvalue weighted by Gasteiger charge is -2.15. The maximum Gasteiger partial charge on any atom is 0.121 e. The van der Waals surface area contributed by atoms with Crippen LogP contribution in [0.1, 0.15) is 26.2 Å². The third-order valence-corrected chi connectivity index (χ3v) is 2.93. The maximum atomic E-state index is 5.89. The van der Waals surface area contributed by atoms with Gasteiger partial charge in [0.2, 0.25) is 0 Å². The number of rotatable bonds is 6. The number of ether oxygens (including phenoxy) is 1. The van der Waals surface area contributed by atoms with Crippen LogP contribution in [-0.4, -0.2) is 18.7 Å². The SMILES string of the molecule is CC(CCNC1CC1)Oc1cccc(Cl)c1. The Morgan fingerprint density at radius 1 is 1.50 bits per heavy atom. The van der Waals surface area contributed by atoms with Crippen molar-refractivity contribution in [1.29, 1.82) is 0 Å². The van der Waals surface area contributed by atoms with Crippen LogP contribution >= 0.6 is 11.6 Å². The van der Waals surface area contributed by atoms with E-state index in [4.69, 9.17) is 16.3 Å². The summed E-state index contributed by atoms with van der Waals surface area (Å²) in [5.74, 6) is 0.853. The van der Waals surface area contributed by atoms with E-state index in [-0.39, 0.29) is 6.10 Å². The Hall–Kier alpha value is -0.730. The smallest absolute Gasteiger partial charge is 0.121 e. The zero-order valence-electron chi connectivity index (χ0n) is 9.58. The predicted octanol–water partition coefficient (Wildman–Crippen LogP) is 3.25. The Bertz CT molecular complexity index is 338. The van der Waals surface area contributed by atoms with Crippen LogP contribution in [0.2, 0.25) is 5.02 Å². The molecule has 0 radical (unpaired) electrons. The van der Waals surface area contributed by atoms with Crippen LogP contribution in [0.5, 0.6) is 5.75 Å². The number of benzene rings is 1. The van der Waals surface area contributed by atoms with Crippen molar-refractivity contribution in [3.63, 3.8) is 0 Å². The van der Waals surface area contributed by atoms with Gasteiger partial charge < -0.3 is 10.1 Å². The summed E-state index contributed by atoms with van der Waals surface area (Å²) >= 11 is 5.89. The Morgan fingerprint density at radius 2 is 2.31 bits per heavy atom. The van der Waals surface area contributed by atoms with Gasteiger partial charge in [0.1, 0.15) is 5.75 Å². The molecule has 0 amide bonds. The van der Waals surface area contributed by atoms with Gasteiger partial charge >= 0.3 is 0 Å². The molecule has 1 saturated carbocycles. The average Bonchev–Trinajstić information content (AvgIpc) is 3.01. The summed E-state index contributed by atoms with van der Waals surface area (Å²) < 4.78 is 5.77. The standard InChI is InChI=1S/C13H18ClNO/c1-10(7-8-15-12-5-6-12)16-13-4-2-3-11(14)9-13/h2-4,9-10,12,15H,5-8H2,1H3. The molecule has 1 atom stereocenters. The second-order valence-electron chi connectivity index (χ2n) is 4.40. The van der Waals surface area contributed by atoms with E-state index in [0.29, 0.717) is 0 Å². The van der Waals surface area contributed by atoms with Crippen molar-refractivity contribution in [2.24, 2.45) is 0 Å². The highest BCUT2D eigenvalue weighted by Crippen LogP contribution is 2.20. The molecule has 0 spiro atoms. The molecule has 16 heavy (non-hydrogen) atoms. The second-order valence-corrected chi connectivity index (χ2v) is 4.84. The van der Waals surface area contributed by atoms with Gasteiger partial charge in [-0.1, -0.05) is 17.7 Å². The van der Waals surface area contributed by atoms with Gasteiger partial charge in [0.05, 0.1) is 6.10 Å². The molecular weight excluding hydrogens is 222 g/mol. The van der Waals surface area contributed by atoms with Gasteiger partial charge in [0.25, 0.3) is 0 Å². The van der Waals surface area contributed by atoms with Gasteiger partial charge in [-0.2, -0.15) is 0 Å². The molecule has 0 aliphatic heterocycles. The van der Waals surface area contributed by atoms with Crippen LogP contribution in [0.15, 0.2) is 24.3 Å². The first kappa shape index (κ1) is 11.7. The highest BCUT2D eigenvalue weighted by molar-refractivity contribution is 6.30. The summed E-state index contributed by atoms with van der Waals surface area (Å²) in [4.78, 5) is 0. The van der Waals surface area contributed by atoms with E-state index in [1.54, 1.807) is 0 Å². The van der Waals surface area contributed by atoms with Gasteiger partial charge in [-0.25, -0.2) is 0 Å². The highest BCUT2D eigenvalue weighted by Gasteiger charge is 2.20. The lowest BCUT2D eigenvalue weighted by Crippen LogP contribution is -2.23. The second kappa shape index (κ2) is 5.55. The molecule has 1 aromatic rings. The van der Waals surface area contributed by atoms with Crippen molar-refractivity contribution < 1.29 is 4.74 Å². The van der Waals surface area contributed by atoms with Crippen molar-refractivity contribution >= 4 is 11.6 Å². The molecule has 1 aromatic carbocycles. The van der Waals surface area contributed by atoms with Crippen LogP contribution in [0.4, 0.5) is 0 Å². The number of halogens is 1. The zero-order chi connectivity index (χ0) is 11.4. The predicted molar refractivity (Wildman–Crippen MR) is 67.2 cm³/mol. The van der Waals surface area contributed by atoms with Crippen molar-refractivity contribution in [1.82, 2.24) is 5.32 Å². The topological polar surface area (TPSA) is 21.3 Å². The lowest BCUT2D eigenvalue weighted by atomic mass is 10.2. The molecule has 1 aliphatic carbocycles. The van der Waals surface area contributed by atoms with Crippen molar-refractivity contribution in [3.8, 4) is 5.75 Å². The Balaban J connectivity index is 1.70. The fourth-order valence-corrected chi connectivity index (χ4v) is 1.79. The van der Waals surface area contributed by atoms with E-state index in [2.05, 4.69) is 12.2 Å². The van der Waals surface area contributed by atoms with Crippen molar-refractivity contribution in [3.05, 3.63) is 29.3 Å². The Kier molecular flexibility index (Phi) is 4.08. The highest BCUT2D eigenvalue weighted by atomic mass is 35.5. The van der Waals surface area contributed by atoms with E-state index in [9.17, 15) is 0 Å². The van der Waals surface area contributed by atoms with Crippen LogP contribution in [0.25, 0.3) is 0 Å². The monoisotopic (exact) mass is 239 g/mol. The Morgan fingerprint density at radius 3 is 3.00 bits per heavy atom. The summed E-state index contributed by atoms with van der Waals surface area (Å²) in [5, 5.41) is 4.20. The summed E-state index contributed by atoms with van der Waals surface area (Å²) in [6, 6.07) is 8.34. The number of hydrogen-bond acceptors (Lipinski definition) is 2. The van der Waals surface area contributed by atoms with Gasteiger partial charge in [0.15, 0.2) is 0 Å². The van der Waals surface area contributed by atoms with Crippen molar-refractivity contribution in [2.45, 2.75) is 38.3 Å². The quantitative estimate of drug-likeness (QED) is 0.823. The van der Waals surface area contributed by atoms with Crippen LogP contribution in [0.3, 0.4) is 0 Å². The molecular formula is C13H18ClNO. The van der Waals surface area contributed by atoms with E-state index >= 15 is 0 Å². The lowest BCUT2D eigenvalue weighted by molar-refractivity contribution is 0.210. The van der Waals surface area contributed by atoms with Crippen LogP contribution in [0, 0.1) is 0 Å². The summed E-state index contributed by atoms with van der Waals surface area (Å²) in [5.41, 5.74) is 0. The fourth-order valence-electron chi connectivity index (χ4n) is 1.61. The minimum atomic E-state index is 0.227. The van der Waals surface area contributed by atoms with Crippen LogP contribution in [-0.2, 0) is 0 Å². The molecule has 88 valence electrons. The van der Waals surface area contributed by atoms with E-state index in [1.807, 2.05) is 24.3 Å². The third-order valence-electron chi connectivity index (χ3n) is 2.69. The molecule has 1 aliphatic rings. The molecule has 2 rings (SSSR count). The summed E-state index contributed by atoms with van der Waals surface area (Å²) in [6.45, 7) is 3.13. The molecule has 2 nitrogen and oxygen atoms in total. The first-order valence-corrected chi connectivity index (χ1v) is 6.27. The van der Waals surface area contributed by atoms with E-state index in [0.717, 1.165) is 29.8 Å². The Labute approximate surface area is 102 Å². The van der Waals surface area contributed by atoms with Gasteiger partial charge in [-0.05, 0) is 50.9 Å². The minimum absolute atomic E-state index is 0.227.